The number of hydrogen-bond donors (Lipinski definition) is 1. The molecule has 0 aliphatic carbocycles. The Balaban J connectivity index is 2.32. The molecular weight excluding hydrogens is 290 g/mol. The molecule has 1 N–H and O–H groups in total. The van der Waals surface area contributed by atoms with Crippen molar-refractivity contribution in [3.8, 4) is 0 Å². The average molecular weight is 305 g/mol. The fourth-order valence-corrected chi connectivity index (χ4v) is 4.96. The molecule has 2 heterocycles. The third-order valence-electron chi connectivity index (χ3n) is 3.14. The smallest absolute Gasteiger partial charge is 0.345 e. The Bertz CT molecular complexity index is 592. The summed E-state index contributed by atoms with van der Waals surface area (Å²) < 4.78 is 31.4. The minimum atomic E-state index is -3.62. The highest BCUT2D eigenvalue weighted by atomic mass is 32.2. The number of carbonyl (C=O) groups is 1. The van der Waals surface area contributed by atoms with Crippen molar-refractivity contribution in [2.45, 2.75) is 24.3 Å². The Morgan fingerprint density at radius 1 is 1.58 bits per heavy atom. The summed E-state index contributed by atoms with van der Waals surface area (Å²) in [4.78, 5) is 11.5. The Hall–Kier alpha value is -0.960. The van der Waals surface area contributed by atoms with Crippen molar-refractivity contribution in [1.29, 1.82) is 0 Å². The number of carboxylic acids is 1. The standard InChI is InChI=1S/C11H15NO5S2/c1-7-10(5-9(18-7)11(13)14)19(15,16)12-4-3-8(6-12)17-2/h5,8H,3-4,6H2,1-2H3,(H,13,14). The van der Waals surface area contributed by atoms with Gasteiger partial charge in [-0.3, -0.25) is 0 Å². The zero-order valence-corrected chi connectivity index (χ0v) is 12.3. The summed E-state index contributed by atoms with van der Waals surface area (Å²) in [5, 5.41) is 8.92. The second kappa shape index (κ2) is 5.20. The molecule has 8 heteroatoms. The molecule has 1 fully saturated rings. The van der Waals surface area contributed by atoms with Gasteiger partial charge in [0.05, 0.1) is 11.0 Å². The lowest BCUT2D eigenvalue weighted by atomic mass is 10.3. The number of sulfonamides is 1. The molecule has 1 aliphatic rings. The molecule has 0 bridgehead atoms. The second-order valence-corrected chi connectivity index (χ2v) is 7.51. The summed E-state index contributed by atoms with van der Waals surface area (Å²) >= 11 is 0.978. The fraction of sp³-hybridized carbons (Fsp3) is 0.545. The number of ether oxygens (including phenoxy) is 1. The largest absolute Gasteiger partial charge is 0.477 e. The molecule has 0 aromatic carbocycles. The highest BCUT2D eigenvalue weighted by Crippen LogP contribution is 2.30. The quantitative estimate of drug-likeness (QED) is 0.902. The van der Waals surface area contributed by atoms with Crippen LogP contribution in [-0.2, 0) is 14.8 Å². The maximum absolute atomic E-state index is 12.4. The zero-order valence-electron chi connectivity index (χ0n) is 10.6. The fourth-order valence-electron chi connectivity index (χ4n) is 2.07. The Morgan fingerprint density at radius 2 is 2.26 bits per heavy atom. The van der Waals surface area contributed by atoms with Gasteiger partial charge in [0.15, 0.2) is 0 Å². The van der Waals surface area contributed by atoms with Crippen LogP contribution in [0.5, 0.6) is 0 Å². The van der Waals surface area contributed by atoms with Gasteiger partial charge in [0.25, 0.3) is 0 Å². The molecule has 1 aliphatic heterocycles. The average Bonchev–Trinajstić information content (AvgIpc) is 2.95. The van der Waals surface area contributed by atoms with Crippen molar-refractivity contribution in [3.05, 3.63) is 15.8 Å². The summed E-state index contributed by atoms with van der Waals surface area (Å²) in [6.45, 7) is 2.34. The van der Waals surface area contributed by atoms with E-state index < -0.39 is 16.0 Å². The van der Waals surface area contributed by atoms with Crippen molar-refractivity contribution in [1.82, 2.24) is 4.31 Å². The van der Waals surface area contributed by atoms with Crippen LogP contribution >= 0.6 is 11.3 Å². The molecule has 19 heavy (non-hydrogen) atoms. The van der Waals surface area contributed by atoms with Crippen LogP contribution in [0.2, 0.25) is 0 Å². The lowest BCUT2D eigenvalue weighted by Crippen LogP contribution is -2.30. The number of nitrogens with zero attached hydrogens (tertiary/aromatic N) is 1. The van der Waals surface area contributed by atoms with Crippen molar-refractivity contribution in [3.63, 3.8) is 0 Å². The number of aryl methyl sites for hydroxylation is 1. The number of carboxylic acid groups (broad SMARTS) is 1. The van der Waals surface area contributed by atoms with Gasteiger partial charge < -0.3 is 9.84 Å². The topological polar surface area (TPSA) is 83.9 Å². The van der Waals surface area contributed by atoms with Crippen LogP contribution in [0.1, 0.15) is 21.0 Å². The zero-order chi connectivity index (χ0) is 14.2. The molecule has 1 saturated heterocycles. The van der Waals surface area contributed by atoms with Crippen LogP contribution in [0.3, 0.4) is 0 Å². The summed E-state index contributed by atoms with van der Waals surface area (Å²) in [6, 6.07) is 1.23. The van der Waals surface area contributed by atoms with Gasteiger partial charge in [-0.05, 0) is 19.4 Å². The number of rotatable bonds is 4. The van der Waals surface area contributed by atoms with Crippen LogP contribution in [0.4, 0.5) is 0 Å². The summed E-state index contributed by atoms with van der Waals surface area (Å²) in [6.07, 6.45) is 0.567. The first-order valence-electron chi connectivity index (χ1n) is 5.73. The van der Waals surface area contributed by atoms with E-state index >= 15 is 0 Å². The Kier molecular flexibility index (Phi) is 3.95. The van der Waals surface area contributed by atoms with Gasteiger partial charge >= 0.3 is 5.97 Å². The minimum absolute atomic E-state index is 0.0403. The maximum atomic E-state index is 12.4. The molecule has 0 spiro atoms. The van der Waals surface area contributed by atoms with Gasteiger partial charge in [0, 0.05) is 25.1 Å². The molecule has 0 amide bonds. The maximum Gasteiger partial charge on any atom is 0.345 e. The van der Waals surface area contributed by atoms with E-state index in [0.29, 0.717) is 24.4 Å². The molecule has 2 rings (SSSR count). The highest BCUT2D eigenvalue weighted by molar-refractivity contribution is 7.89. The SMILES string of the molecule is COC1CCN(S(=O)(=O)c2cc(C(=O)O)sc2C)C1. The van der Waals surface area contributed by atoms with E-state index in [9.17, 15) is 13.2 Å². The van der Waals surface area contributed by atoms with Gasteiger partial charge in [-0.25, -0.2) is 13.2 Å². The Labute approximate surface area is 115 Å². The van der Waals surface area contributed by atoms with E-state index in [1.54, 1.807) is 14.0 Å². The molecule has 1 aromatic heterocycles. The van der Waals surface area contributed by atoms with Crippen LogP contribution in [-0.4, -0.2) is 50.1 Å². The molecule has 6 nitrogen and oxygen atoms in total. The number of thiophene rings is 1. The van der Waals surface area contributed by atoms with Gasteiger partial charge in [-0.1, -0.05) is 0 Å². The van der Waals surface area contributed by atoms with E-state index in [2.05, 4.69) is 0 Å². The first kappa shape index (κ1) is 14.4. The Morgan fingerprint density at radius 3 is 2.74 bits per heavy atom. The van der Waals surface area contributed by atoms with Gasteiger partial charge in [-0.15, -0.1) is 11.3 Å². The molecule has 0 saturated carbocycles. The molecule has 1 unspecified atom stereocenters. The second-order valence-electron chi connectivity index (χ2n) is 4.35. The first-order valence-corrected chi connectivity index (χ1v) is 7.98. The van der Waals surface area contributed by atoms with Gasteiger partial charge in [0.2, 0.25) is 10.0 Å². The first-order chi connectivity index (χ1) is 8.86. The third-order valence-corrected chi connectivity index (χ3v) is 6.30. The summed E-state index contributed by atoms with van der Waals surface area (Å²) in [5.41, 5.74) is 0. The lowest BCUT2D eigenvalue weighted by molar-refractivity contribution is 0.0702. The van der Waals surface area contributed by atoms with E-state index in [1.165, 1.54) is 10.4 Å². The van der Waals surface area contributed by atoms with Gasteiger partial charge in [-0.2, -0.15) is 4.31 Å². The summed E-state index contributed by atoms with van der Waals surface area (Å²) in [7, 11) is -2.07. The monoisotopic (exact) mass is 305 g/mol. The molecule has 1 aromatic rings. The number of methoxy groups -OCH3 is 1. The number of aromatic carboxylic acids is 1. The van der Waals surface area contributed by atoms with Crippen LogP contribution < -0.4 is 0 Å². The number of hydrogen-bond acceptors (Lipinski definition) is 5. The highest BCUT2D eigenvalue weighted by Gasteiger charge is 2.34. The molecule has 0 radical (unpaired) electrons. The van der Waals surface area contributed by atoms with E-state index in [1.807, 2.05) is 0 Å². The minimum Gasteiger partial charge on any atom is -0.477 e. The van der Waals surface area contributed by atoms with Crippen LogP contribution in [0.15, 0.2) is 11.0 Å². The van der Waals surface area contributed by atoms with Gasteiger partial charge in [0.1, 0.15) is 4.88 Å². The van der Waals surface area contributed by atoms with Crippen molar-refractivity contribution < 1.29 is 23.1 Å². The van der Waals surface area contributed by atoms with Crippen LogP contribution in [0, 0.1) is 6.92 Å². The van der Waals surface area contributed by atoms with Crippen molar-refractivity contribution in [2.75, 3.05) is 20.2 Å². The van der Waals surface area contributed by atoms with E-state index in [4.69, 9.17) is 9.84 Å². The summed E-state index contributed by atoms with van der Waals surface area (Å²) in [5.74, 6) is -1.11. The predicted molar refractivity (Wildman–Crippen MR) is 70.2 cm³/mol. The van der Waals surface area contributed by atoms with E-state index in [0.717, 1.165) is 11.3 Å². The molecule has 106 valence electrons. The molecular formula is C11H15NO5S2. The van der Waals surface area contributed by atoms with Crippen LogP contribution in [0.25, 0.3) is 0 Å². The predicted octanol–water partition coefficient (Wildman–Crippen LogP) is 1.16. The van der Waals surface area contributed by atoms with Crippen molar-refractivity contribution >= 4 is 27.3 Å². The lowest BCUT2D eigenvalue weighted by Gasteiger charge is -2.15. The van der Waals surface area contributed by atoms with E-state index in [-0.39, 0.29) is 15.9 Å². The van der Waals surface area contributed by atoms with Crippen molar-refractivity contribution in [2.24, 2.45) is 0 Å². The molecule has 1 atom stereocenters. The normalized spacial score (nSPS) is 20.8. The third kappa shape index (κ3) is 2.66.